The molecule has 0 spiro atoms. The summed E-state index contributed by atoms with van der Waals surface area (Å²) in [7, 11) is 1.60. The van der Waals surface area contributed by atoms with Crippen LogP contribution in [0, 0.1) is 6.92 Å². The van der Waals surface area contributed by atoms with E-state index in [1.807, 2.05) is 31.2 Å². The van der Waals surface area contributed by atoms with Crippen molar-refractivity contribution in [2.45, 2.75) is 6.92 Å². The van der Waals surface area contributed by atoms with E-state index < -0.39 is 0 Å². The number of nitrogens with one attached hydrogen (secondary N) is 1. The quantitative estimate of drug-likeness (QED) is 0.752. The third-order valence-corrected chi connectivity index (χ3v) is 2.94. The van der Waals surface area contributed by atoms with Crippen molar-refractivity contribution in [2.75, 3.05) is 7.11 Å². The smallest absolute Gasteiger partial charge is 0.277 e. The predicted molar refractivity (Wildman–Crippen MR) is 70.8 cm³/mol. The Morgan fingerprint density at radius 1 is 1.37 bits per heavy atom. The average Bonchev–Trinajstić information content (AvgIpc) is 2.76. The first kappa shape index (κ1) is 11.5. The lowest BCUT2D eigenvalue weighted by Gasteiger charge is -2.07. The maximum absolute atomic E-state index is 12.0. The van der Waals surface area contributed by atoms with Crippen LogP contribution in [0.25, 0.3) is 16.9 Å². The number of hydrogen-bond acceptors (Lipinski definition) is 4. The molecule has 1 N–H and O–H groups in total. The summed E-state index contributed by atoms with van der Waals surface area (Å²) in [5.41, 5.74) is 1.48. The van der Waals surface area contributed by atoms with Crippen LogP contribution in [0.2, 0.25) is 0 Å². The molecule has 0 saturated carbocycles. The largest absolute Gasteiger partial charge is 0.497 e. The summed E-state index contributed by atoms with van der Waals surface area (Å²) in [6.45, 7) is 1.83. The molecule has 0 fully saturated rings. The van der Waals surface area contributed by atoms with E-state index >= 15 is 0 Å². The van der Waals surface area contributed by atoms with Gasteiger partial charge in [-0.05, 0) is 19.1 Å². The molecule has 3 rings (SSSR count). The van der Waals surface area contributed by atoms with Gasteiger partial charge in [0.25, 0.3) is 5.56 Å². The van der Waals surface area contributed by atoms with Crippen molar-refractivity contribution >= 4 is 11.2 Å². The van der Waals surface area contributed by atoms with E-state index in [1.165, 1.54) is 6.33 Å². The number of nitrogens with zero attached hydrogens (tertiary/aromatic N) is 3. The molecule has 2 aromatic heterocycles. The van der Waals surface area contributed by atoms with Gasteiger partial charge in [-0.1, -0.05) is 6.07 Å². The van der Waals surface area contributed by atoms with Gasteiger partial charge in [0.2, 0.25) is 0 Å². The first-order valence-electron chi connectivity index (χ1n) is 5.78. The average molecular weight is 256 g/mol. The lowest BCUT2D eigenvalue weighted by molar-refractivity contribution is 0.414. The van der Waals surface area contributed by atoms with Gasteiger partial charge in [0.15, 0.2) is 11.2 Å². The Balaban J connectivity index is 2.35. The van der Waals surface area contributed by atoms with Gasteiger partial charge in [0, 0.05) is 6.07 Å². The lowest BCUT2D eigenvalue weighted by atomic mass is 10.3. The number of aryl methyl sites for hydroxylation is 1. The Bertz CT molecular complexity index is 804. The first-order valence-corrected chi connectivity index (χ1v) is 5.78. The Morgan fingerprint density at radius 2 is 2.21 bits per heavy atom. The van der Waals surface area contributed by atoms with E-state index in [4.69, 9.17) is 4.74 Å². The summed E-state index contributed by atoms with van der Waals surface area (Å²) in [4.78, 5) is 22.9. The van der Waals surface area contributed by atoms with Crippen LogP contribution in [0.1, 0.15) is 5.82 Å². The minimum absolute atomic E-state index is 0.214. The Kier molecular flexibility index (Phi) is 2.56. The minimum Gasteiger partial charge on any atom is -0.497 e. The van der Waals surface area contributed by atoms with Gasteiger partial charge in [-0.15, -0.1) is 0 Å². The molecule has 19 heavy (non-hydrogen) atoms. The Morgan fingerprint density at radius 3 is 3.00 bits per heavy atom. The van der Waals surface area contributed by atoms with Gasteiger partial charge in [-0.2, -0.15) is 0 Å². The second-order valence-corrected chi connectivity index (χ2v) is 4.10. The van der Waals surface area contributed by atoms with E-state index in [9.17, 15) is 4.79 Å². The van der Waals surface area contributed by atoms with Crippen molar-refractivity contribution in [3.05, 3.63) is 46.8 Å². The van der Waals surface area contributed by atoms with Gasteiger partial charge in [0.1, 0.15) is 11.6 Å². The summed E-state index contributed by atoms with van der Waals surface area (Å²) in [5.74, 6) is 1.42. The van der Waals surface area contributed by atoms with Crippen LogP contribution in [0.4, 0.5) is 0 Å². The molecule has 0 unspecified atom stereocenters. The SMILES string of the molecule is COc1cccc(-n2c(C)nc3nc[nH]c(=O)c32)c1. The van der Waals surface area contributed by atoms with Crippen LogP contribution < -0.4 is 10.3 Å². The monoisotopic (exact) mass is 256 g/mol. The Labute approximate surface area is 108 Å². The van der Waals surface area contributed by atoms with Crippen LogP contribution in [0.5, 0.6) is 5.75 Å². The number of benzene rings is 1. The molecule has 1 aromatic carbocycles. The molecule has 0 radical (unpaired) electrons. The zero-order valence-corrected chi connectivity index (χ0v) is 10.5. The van der Waals surface area contributed by atoms with Crippen LogP contribution in [0.3, 0.4) is 0 Å². The number of aromatic amines is 1. The van der Waals surface area contributed by atoms with E-state index in [0.29, 0.717) is 17.0 Å². The zero-order valence-electron chi connectivity index (χ0n) is 10.5. The van der Waals surface area contributed by atoms with Gasteiger partial charge in [0.05, 0.1) is 19.1 Å². The van der Waals surface area contributed by atoms with Crippen LogP contribution in [-0.2, 0) is 0 Å². The molecule has 2 heterocycles. The van der Waals surface area contributed by atoms with Gasteiger partial charge < -0.3 is 9.72 Å². The van der Waals surface area contributed by atoms with Crippen molar-refractivity contribution in [1.82, 2.24) is 19.5 Å². The number of ether oxygens (including phenoxy) is 1. The summed E-state index contributed by atoms with van der Waals surface area (Å²) in [6.07, 6.45) is 1.35. The number of fused-ring (bicyclic) bond motifs is 1. The molecule has 0 amide bonds. The molecule has 0 aliphatic rings. The third-order valence-electron chi connectivity index (χ3n) is 2.94. The van der Waals surface area contributed by atoms with Crippen molar-refractivity contribution in [1.29, 1.82) is 0 Å². The number of H-pyrrole nitrogens is 1. The highest BCUT2D eigenvalue weighted by Gasteiger charge is 2.13. The summed E-state index contributed by atoms with van der Waals surface area (Å²) < 4.78 is 6.97. The van der Waals surface area contributed by atoms with E-state index in [1.54, 1.807) is 11.7 Å². The molecular formula is C13H12N4O2. The van der Waals surface area contributed by atoms with Crippen molar-refractivity contribution in [3.8, 4) is 11.4 Å². The topological polar surface area (TPSA) is 72.8 Å². The molecule has 0 saturated heterocycles. The van der Waals surface area contributed by atoms with Crippen molar-refractivity contribution in [2.24, 2.45) is 0 Å². The second kappa shape index (κ2) is 4.24. The number of imidazole rings is 1. The number of rotatable bonds is 2. The van der Waals surface area contributed by atoms with E-state index in [2.05, 4.69) is 15.0 Å². The zero-order chi connectivity index (χ0) is 13.4. The maximum atomic E-state index is 12.0. The van der Waals surface area contributed by atoms with E-state index in [0.717, 1.165) is 11.4 Å². The highest BCUT2D eigenvalue weighted by atomic mass is 16.5. The second-order valence-electron chi connectivity index (χ2n) is 4.10. The fraction of sp³-hybridized carbons (Fsp3) is 0.154. The Hall–Kier alpha value is -2.63. The van der Waals surface area contributed by atoms with Crippen LogP contribution in [0.15, 0.2) is 35.4 Å². The normalized spacial score (nSPS) is 10.8. The standard InChI is InChI=1S/C13H12N4O2/c1-8-16-12-11(13(18)15-7-14-12)17(8)9-4-3-5-10(6-9)19-2/h3-7H,1-2H3,(H,14,15,18). The van der Waals surface area contributed by atoms with Crippen LogP contribution in [-0.4, -0.2) is 26.6 Å². The number of methoxy groups -OCH3 is 1. The number of aromatic nitrogens is 4. The molecule has 96 valence electrons. The predicted octanol–water partition coefficient (Wildman–Crippen LogP) is 1.43. The molecule has 3 aromatic rings. The fourth-order valence-electron chi connectivity index (χ4n) is 2.10. The van der Waals surface area contributed by atoms with Crippen molar-refractivity contribution in [3.63, 3.8) is 0 Å². The third kappa shape index (κ3) is 1.77. The highest BCUT2D eigenvalue weighted by Crippen LogP contribution is 2.20. The molecule has 0 aliphatic heterocycles. The number of hydrogen-bond donors (Lipinski definition) is 1. The molecule has 0 atom stereocenters. The van der Waals surface area contributed by atoms with Gasteiger partial charge >= 0.3 is 0 Å². The lowest BCUT2D eigenvalue weighted by Crippen LogP contribution is -2.11. The summed E-state index contributed by atoms with van der Waals surface area (Å²) in [5, 5.41) is 0. The minimum atomic E-state index is -0.214. The van der Waals surface area contributed by atoms with E-state index in [-0.39, 0.29) is 5.56 Å². The molecule has 0 bridgehead atoms. The fourth-order valence-corrected chi connectivity index (χ4v) is 2.10. The molecule has 6 nitrogen and oxygen atoms in total. The molecule has 6 heteroatoms. The highest BCUT2D eigenvalue weighted by molar-refractivity contribution is 5.73. The van der Waals surface area contributed by atoms with Crippen LogP contribution >= 0.6 is 0 Å². The summed E-state index contributed by atoms with van der Waals surface area (Å²) in [6, 6.07) is 7.45. The summed E-state index contributed by atoms with van der Waals surface area (Å²) >= 11 is 0. The molecular weight excluding hydrogens is 244 g/mol. The maximum Gasteiger partial charge on any atom is 0.277 e. The van der Waals surface area contributed by atoms with Gasteiger partial charge in [-0.25, -0.2) is 9.97 Å². The first-order chi connectivity index (χ1) is 9.20. The van der Waals surface area contributed by atoms with Crippen molar-refractivity contribution < 1.29 is 4.74 Å². The van der Waals surface area contributed by atoms with Gasteiger partial charge in [-0.3, -0.25) is 9.36 Å². The molecule has 0 aliphatic carbocycles.